The predicted molar refractivity (Wildman–Crippen MR) is 85.9 cm³/mol. The minimum atomic E-state index is -0.372. The largest absolute Gasteiger partial charge is 0.389 e. The van der Waals surface area contributed by atoms with Crippen molar-refractivity contribution in [2.24, 2.45) is 5.73 Å². The molecule has 112 valence electrons. The Bertz CT molecular complexity index is 449. The number of hydrogen-bond donors (Lipinski definition) is 1. The number of hydrogen-bond acceptors (Lipinski definition) is 3. The van der Waals surface area contributed by atoms with E-state index >= 15 is 0 Å². The molecule has 0 aliphatic carbocycles. The van der Waals surface area contributed by atoms with Gasteiger partial charge in [0, 0.05) is 30.9 Å². The zero-order valence-electron chi connectivity index (χ0n) is 12.4. The van der Waals surface area contributed by atoms with Gasteiger partial charge in [-0.1, -0.05) is 26.1 Å². The quantitative estimate of drug-likeness (QED) is 0.749. The number of halogens is 1. The molecule has 0 saturated carbocycles. The molecule has 1 rings (SSSR count). The van der Waals surface area contributed by atoms with Gasteiger partial charge < -0.3 is 15.4 Å². The molecule has 1 aromatic carbocycles. The number of anilines is 1. The monoisotopic (exact) mass is 298 g/mol. The van der Waals surface area contributed by atoms with E-state index in [1.807, 2.05) is 6.07 Å². The van der Waals surface area contributed by atoms with E-state index in [9.17, 15) is 4.39 Å². The average Bonchev–Trinajstić information content (AvgIpc) is 2.43. The Morgan fingerprint density at radius 2 is 2.05 bits per heavy atom. The van der Waals surface area contributed by atoms with Crippen LogP contribution in [0.5, 0.6) is 0 Å². The zero-order chi connectivity index (χ0) is 15.1. The lowest BCUT2D eigenvalue weighted by atomic mass is 10.1. The molecule has 2 N–H and O–H groups in total. The van der Waals surface area contributed by atoms with Crippen LogP contribution in [0.15, 0.2) is 18.2 Å². The molecular weight excluding hydrogens is 275 g/mol. The number of benzene rings is 1. The first kappa shape index (κ1) is 16.9. The average molecular weight is 298 g/mol. The minimum absolute atomic E-state index is 0.0834. The van der Waals surface area contributed by atoms with E-state index in [4.69, 9.17) is 22.7 Å². The van der Waals surface area contributed by atoms with Crippen molar-refractivity contribution in [3.05, 3.63) is 29.6 Å². The SMILES string of the molecule is CCC(CC)N(CCOC)c1ccc(C(N)=S)c(F)c1. The van der Waals surface area contributed by atoms with Gasteiger partial charge in [0.25, 0.3) is 0 Å². The normalized spacial score (nSPS) is 10.8. The molecule has 0 radical (unpaired) electrons. The van der Waals surface area contributed by atoms with Crippen LogP contribution in [-0.4, -0.2) is 31.3 Å². The fourth-order valence-corrected chi connectivity index (χ4v) is 2.49. The molecular formula is C15H23FN2OS. The number of methoxy groups -OCH3 is 1. The van der Waals surface area contributed by atoms with Crippen LogP contribution in [0, 0.1) is 5.82 Å². The van der Waals surface area contributed by atoms with E-state index in [0.29, 0.717) is 18.2 Å². The van der Waals surface area contributed by atoms with Crippen LogP contribution in [-0.2, 0) is 4.74 Å². The lowest BCUT2D eigenvalue weighted by molar-refractivity contribution is 0.202. The van der Waals surface area contributed by atoms with E-state index in [0.717, 1.165) is 25.1 Å². The van der Waals surface area contributed by atoms with Crippen molar-refractivity contribution >= 4 is 22.9 Å². The lowest BCUT2D eigenvalue weighted by Gasteiger charge is -2.32. The summed E-state index contributed by atoms with van der Waals surface area (Å²) in [4.78, 5) is 2.26. The molecule has 0 aliphatic heterocycles. The molecule has 0 unspecified atom stereocenters. The molecule has 0 heterocycles. The highest BCUT2D eigenvalue weighted by Gasteiger charge is 2.17. The fourth-order valence-electron chi connectivity index (χ4n) is 2.32. The maximum absolute atomic E-state index is 14.0. The number of ether oxygens (including phenoxy) is 1. The second-order valence-electron chi connectivity index (χ2n) is 4.68. The summed E-state index contributed by atoms with van der Waals surface area (Å²) in [6, 6.07) is 5.38. The zero-order valence-corrected chi connectivity index (χ0v) is 13.2. The summed E-state index contributed by atoms with van der Waals surface area (Å²) < 4.78 is 19.2. The Kier molecular flexibility index (Phi) is 6.88. The van der Waals surface area contributed by atoms with Gasteiger partial charge in [-0.15, -0.1) is 0 Å². The fraction of sp³-hybridized carbons (Fsp3) is 0.533. The molecule has 0 fully saturated rings. The Labute approximate surface area is 125 Å². The van der Waals surface area contributed by atoms with Crippen LogP contribution in [0.4, 0.5) is 10.1 Å². The summed E-state index contributed by atoms with van der Waals surface area (Å²) in [5.74, 6) is -0.372. The summed E-state index contributed by atoms with van der Waals surface area (Å²) >= 11 is 4.83. The van der Waals surface area contributed by atoms with Crippen molar-refractivity contribution < 1.29 is 9.13 Å². The Balaban J connectivity index is 3.06. The van der Waals surface area contributed by atoms with Crippen molar-refractivity contribution in [2.75, 3.05) is 25.2 Å². The van der Waals surface area contributed by atoms with E-state index in [-0.39, 0.29) is 10.8 Å². The van der Waals surface area contributed by atoms with Crippen molar-refractivity contribution in [3.8, 4) is 0 Å². The van der Waals surface area contributed by atoms with E-state index in [2.05, 4.69) is 18.7 Å². The lowest BCUT2D eigenvalue weighted by Crippen LogP contribution is -2.37. The van der Waals surface area contributed by atoms with Gasteiger partial charge in [-0.3, -0.25) is 0 Å². The smallest absolute Gasteiger partial charge is 0.135 e. The highest BCUT2D eigenvalue weighted by atomic mass is 32.1. The Morgan fingerprint density at radius 3 is 2.50 bits per heavy atom. The van der Waals surface area contributed by atoms with Gasteiger partial charge in [-0.25, -0.2) is 4.39 Å². The van der Waals surface area contributed by atoms with Crippen LogP contribution >= 0.6 is 12.2 Å². The second-order valence-corrected chi connectivity index (χ2v) is 5.12. The van der Waals surface area contributed by atoms with Crippen molar-refractivity contribution in [1.29, 1.82) is 0 Å². The predicted octanol–water partition coefficient (Wildman–Crippen LogP) is 3.10. The third-order valence-electron chi connectivity index (χ3n) is 3.47. The molecule has 20 heavy (non-hydrogen) atoms. The van der Waals surface area contributed by atoms with Gasteiger partial charge in [0.05, 0.1) is 6.61 Å². The summed E-state index contributed by atoms with van der Waals surface area (Å²) in [7, 11) is 1.67. The molecule has 0 saturated heterocycles. The van der Waals surface area contributed by atoms with Gasteiger partial charge >= 0.3 is 0 Å². The molecule has 5 heteroatoms. The van der Waals surface area contributed by atoms with Gasteiger partial charge in [-0.2, -0.15) is 0 Å². The van der Waals surface area contributed by atoms with E-state index in [1.54, 1.807) is 13.2 Å². The molecule has 0 amide bonds. The van der Waals surface area contributed by atoms with Crippen molar-refractivity contribution in [3.63, 3.8) is 0 Å². The van der Waals surface area contributed by atoms with Crippen LogP contribution in [0.2, 0.25) is 0 Å². The van der Waals surface area contributed by atoms with Crippen LogP contribution in [0.25, 0.3) is 0 Å². The summed E-state index contributed by atoms with van der Waals surface area (Å²) in [5.41, 5.74) is 6.62. The number of rotatable bonds is 8. The van der Waals surface area contributed by atoms with Crippen molar-refractivity contribution in [1.82, 2.24) is 0 Å². The molecule has 0 atom stereocenters. The molecule has 0 spiro atoms. The van der Waals surface area contributed by atoms with Gasteiger partial charge in [0.1, 0.15) is 10.8 Å². The van der Waals surface area contributed by atoms with Crippen molar-refractivity contribution in [2.45, 2.75) is 32.7 Å². The van der Waals surface area contributed by atoms with Crippen LogP contribution in [0.3, 0.4) is 0 Å². The topological polar surface area (TPSA) is 38.5 Å². The Hall–Kier alpha value is -1.20. The number of nitrogens with two attached hydrogens (primary N) is 1. The first-order valence-electron chi connectivity index (χ1n) is 6.90. The third-order valence-corrected chi connectivity index (χ3v) is 3.69. The highest BCUT2D eigenvalue weighted by Crippen LogP contribution is 2.23. The van der Waals surface area contributed by atoms with Gasteiger partial charge in [0.15, 0.2) is 0 Å². The highest BCUT2D eigenvalue weighted by molar-refractivity contribution is 7.80. The third kappa shape index (κ3) is 4.15. The summed E-state index contributed by atoms with van der Waals surface area (Å²) in [5, 5.41) is 0. The molecule has 0 aromatic heterocycles. The minimum Gasteiger partial charge on any atom is -0.389 e. The molecule has 0 aliphatic rings. The second kappa shape index (κ2) is 8.17. The molecule has 1 aromatic rings. The summed E-state index contributed by atoms with van der Waals surface area (Å²) in [6.07, 6.45) is 2.00. The van der Waals surface area contributed by atoms with Crippen LogP contribution in [0.1, 0.15) is 32.3 Å². The first-order valence-corrected chi connectivity index (χ1v) is 7.30. The summed E-state index contributed by atoms with van der Waals surface area (Å²) in [6.45, 7) is 5.60. The van der Waals surface area contributed by atoms with E-state index < -0.39 is 0 Å². The molecule has 3 nitrogen and oxygen atoms in total. The molecule has 0 bridgehead atoms. The first-order chi connectivity index (χ1) is 9.54. The maximum atomic E-state index is 14.0. The number of nitrogens with zero attached hydrogens (tertiary/aromatic N) is 1. The Morgan fingerprint density at radius 1 is 1.40 bits per heavy atom. The van der Waals surface area contributed by atoms with Gasteiger partial charge in [0.2, 0.25) is 0 Å². The van der Waals surface area contributed by atoms with Crippen LogP contribution < -0.4 is 10.6 Å². The standard InChI is InChI=1S/C15H23FN2OS/c1-4-11(5-2)18(8-9-19-3)12-6-7-13(15(17)20)14(16)10-12/h6-7,10-11H,4-5,8-9H2,1-3H3,(H2,17,20). The number of thiocarbonyl (C=S) groups is 1. The van der Waals surface area contributed by atoms with E-state index in [1.165, 1.54) is 6.07 Å². The van der Waals surface area contributed by atoms with Gasteiger partial charge in [-0.05, 0) is 31.0 Å². The maximum Gasteiger partial charge on any atom is 0.135 e.